The van der Waals surface area contributed by atoms with Crippen LogP contribution in [0, 0.1) is 0 Å². The Balaban J connectivity index is 1.18. The van der Waals surface area contributed by atoms with Crippen LogP contribution in [-0.4, -0.2) is 21.9 Å². The van der Waals surface area contributed by atoms with Gasteiger partial charge >= 0.3 is 0 Å². The Labute approximate surface area is 168 Å². The largest absolute Gasteiger partial charge is 0.448 e. The fourth-order valence-electron chi connectivity index (χ4n) is 3.79. The molecule has 7 heteroatoms. The second-order valence-electron chi connectivity index (χ2n) is 7.40. The van der Waals surface area contributed by atoms with E-state index < -0.39 is 5.79 Å². The first-order chi connectivity index (χ1) is 14.2. The highest BCUT2D eigenvalue weighted by Crippen LogP contribution is 2.47. The summed E-state index contributed by atoms with van der Waals surface area (Å²) in [6.07, 6.45) is 4.64. The molecule has 0 unspecified atom stereocenters. The van der Waals surface area contributed by atoms with Crippen LogP contribution in [0.1, 0.15) is 38.0 Å². The van der Waals surface area contributed by atoms with Crippen molar-refractivity contribution in [3.63, 3.8) is 0 Å². The standard InChI is InChI=1S/C22H21N3O4/c26-19(10-11-20-24-25-21(27-20)15-6-2-1-3-7-15)23-16-8-9-17-18(14-16)29-22(28-17)12-4-5-13-22/h1-3,6-9,14H,4-5,10-13H2,(H,23,26). The maximum Gasteiger partial charge on any atom is 0.251 e. The van der Waals surface area contributed by atoms with Crippen LogP contribution >= 0.6 is 0 Å². The zero-order valence-electron chi connectivity index (χ0n) is 15.9. The Morgan fingerprint density at radius 2 is 1.79 bits per heavy atom. The number of hydrogen-bond donors (Lipinski definition) is 1. The number of fused-ring (bicyclic) bond motifs is 1. The summed E-state index contributed by atoms with van der Waals surface area (Å²) in [4.78, 5) is 12.3. The minimum Gasteiger partial charge on any atom is -0.448 e. The third-order valence-corrected chi connectivity index (χ3v) is 5.24. The maximum absolute atomic E-state index is 12.3. The molecule has 3 aromatic rings. The molecule has 148 valence electrons. The lowest BCUT2D eigenvalue weighted by atomic mass is 10.2. The summed E-state index contributed by atoms with van der Waals surface area (Å²) in [6, 6.07) is 15.0. The van der Waals surface area contributed by atoms with E-state index in [1.807, 2.05) is 48.5 Å². The lowest BCUT2D eigenvalue weighted by Gasteiger charge is -2.21. The number of carbonyl (C=O) groups is 1. The monoisotopic (exact) mass is 391 g/mol. The van der Waals surface area contributed by atoms with E-state index in [9.17, 15) is 4.79 Å². The van der Waals surface area contributed by atoms with E-state index in [-0.39, 0.29) is 12.3 Å². The molecule has 0 atom stereocenters. The molecule has 1 saturated carbocycles. The number of nitrogens with zero attached hydrogens (tertiary/aromatic N) is 2. The first-order valence-corrected chi connectivity index (χ1v) is 9.89. The molecule has 1 N–H and O–H groups in total. The van der Waals surface area contributed by atoms with E-state index in [0.717, 1.165) is 37.0 Å². The van der Waals surface area contributed by atoms with Gasteiger partial charge in [0.15, 0.2) is 11.5 Å². The van der Waals surface area contributed by atoms with Gasteiger partial charge in [0.2, 0.25) is 17.7 Å². The van der Waals surface area contributed by atoms with Crippen molar-refractivity contribution in [1.29, 1.82) is 0 Å². The summed E-state index contributed by atoms with van der Waals surface area (Å²) in [7, 11) is 0. The first kappa shape index (κ1) is 17.7. The van der Waals surface area contributed by atoms with Crippen LogP contribution in [-0.2, 0) is 11.2 Å². The van der Waals surface area contributed by atoms with Gasteiger partial charge in [-0.1, -0.05) is 18.2 Å². The number of benzene rings is 2. The number of amides is 1. The molecule has 0 bridgehead atoms. The first-order valence-electron chi connectivity index (χ1n) is 9.89. The van der Waals surface area contributed by atoms with Crippen LogP contribution < -0.4 is 14.8 Å². The molecule has 1 fully saturated rings. The normalized spacial score (nSPS) is 16.3. The van der Waals surface area contributed by atoms with E-state index in [1.165, 1.54) is 0 Å². The zero-order valence-corrected chi connectivity index (χ0v) is 15.9. The van der Waals surface area contributed by atoms with Gasteiger partial charge in [-0.15, -0.1) is 10.2 Å². The van der Waals surface area contributed by atoms with Gasteiger partial charge in [-0.25, -0.2) is 0 Å². The van der Waals surface area contributed by atoms with Crippen LogP contribution in [0.3, 0.4) is 0 Å². The van der Waals surface area contributed by atoms with Crippen molar-refractivity contribution in [2.45, 2.75) is 44.3 Å². The summed E-state index contributed by atoms with van der Waals surface area (Å²) < 4.78 is 17.7. The molecule has 7 nitrogen and oxygen atoms in total. The van der Waals surface area contributed by atoms with Crippen molar-refractivity contribution in [3.8, 4) is 23.0 Å². The second-order valence-corrected chi connectivity index (χ2v) is 7.40. The smallest absolute Gasteiger partial charge is 0.251 e. The minimum atomic E-state index is -0.501. The molecule has 2 aliphatic rings. The predicted octanol–water partition coefficient (Wildman–Crippen LogP) is 4.35. The Bertz CT molecular complexity index is 1030. The average molecular weight is 391 g/mol. The minimum absolute atomic E-state index is 0.126. The summed E-state index contributed by atoms with van der Waals surface area (Å²) in [5.41, 5.74) is 1.54. The van der Waals surface area contributed by atoms with Gasteiger partial charge < -0.3 is 19.2 Å². The number of ether oxygens (including phenoxy) is 2. The summed E-state index contributed by atoms with van der Waals surface area (Å²) in [5.74, 6) is 1.70. The topological polar surface area (TPSA) is 86.5 Å². The van der Waals surface area contributed by atoms with E-state index in [0.29, 0.717) is 29.6 Å². The summed E-state index contributed by atoms with van der Waals surface area (Å²) in [5, 5.41) is 11.0. The number of aryl methyl sites for hydroxylation is 1. The van der Waals surface area contributed by atoms with Gasteiger partial charge in [0.05, 0.1) is 0 Å². The number of rotatable bonds is 5. The SMILES string of the molecule is O=C(CCc1nnc(-c2ccccc2)o1)Nc1ccc2c(c1)OC1(CCCC1)O2. The fourth-order valence-corrected chi connectivity index (χ4v) is 3.79. The number of nitrogens with one attached hydrogen (secondary N) is 1. The number of aromatic nitrogens is 2. The third kappa shape index (κ3) is 3.68. The predicted molar refractivity (Wildman–Crippen MR) is 106 cm³/mol. The van der Waals surface area contributed by atoms with Crippen molar-refractivity contribution in [2.75, 3.05) is 5.32 Å². The molecule has 5 rings (SSSR count). The van der Waals surface area contributed by atoms with Crippen LogP contribution in [0.5, 0.6) is 11.5 Å². The summed E-state index contributed by atoms with van der Waals surface area (Å²) >= 11 is 0. The molecule has 29 heavy (non-hydrogen) atoms. The molecule has 2 heterocycles. The summed E-state index contributed by atoms with van der Waals surface area (Å²) in [6.45, 7) is 0. The molecule has 1 aliphatic heterocycles. The molecular formula is C22H21N3O4. The van der Waals surface area contributed by atoms with Gasteiger partial charge in [-0.3, -0.25) is 4.79 Å². The Hall–Kier alpha value is -3.35. The molecule has 1 aromatic heterocycles. The lowest BCUT2D eigenvalue weighted by molar-refractivity contribution is -0.116. The highest BCUT2D eigenvalue weighted by molar-refractivity contribution is 5.91. The van der Waals surface area contributed by atoms with Crippen molar-refractivity contribution in [2.24, 2.45) is 0 Å². The second kappa shape index (κ2) is 7.24. The molecule has 0 radical (unpaired) electrons. The van der Waals surface area contributed by atoms with Crippen LogP contribution in [0.25, 0.3) is 11.5 Å². The van der Waals surface area contributed by atoms with Crippen LogP contribution in [0.4, 0.5) is 5.69 Å². The molecule has 2 aromatic carbocycles. The number of anilines is 1. The van der Waals surface area contributed by atoms with Gasteiger partial charge in [0, 0.05) is 43.0 Å². The molecule has 1 amide bonds. The van der Waals surface area contributed by atoms with Crippen molar-refractivity contribution >= 4 is 11.6 Å². The van der Waals surface area contributed by atoms with E-state index in [4.69, 9.17) is 13.9 Å². The Kier molecular flexibility index (Phi) is 4.42. The fraction of sp³-hybridized carbons (Fsp3) is 0.318. The molecule has 1 aliphatic carbocycles. The molecular weight excluding hydrogens is 370 g/mol. The van der Waals surface area contributed by atoms with E-state index >= 15 is 0 Å². The zero-order chi connectivity index (χ0) is 19.7. The van der Waals surface area contributed by atoms with Gasteiger partial charge in [-0.05, 0) is 37.1 Å². The highest BCUT2D eigenvalue weighted by atomic mass is 16.7. The number of carbonyl (C=O) groups excluding carboxylic acids is 1. The van der Waals surface area contributed by atoms with Crippen LogP contribution in [0.2, 0.25) is 0 Å². The quantitative estimate of drug-likeness (QED) is 0.696. The van der Waals surface area contributed by atoms with Crippen molar-refractivity contribution in [1.82, 2.24) is 10.2 Å². The van der Waals surface area contributed by atoms with Crippen molar-refractivity contribution < 1.29 is 18.7 Å². The highest BCUT2D eigenvalue weighted by Gasteiger charge is 2.44. The third-order valence-electron chi connectivity index (χ3n) is 5.24. The Morgan fingerprint density at radius 1 is 1.00 bits per heavy atom. The average Bonchev–Trinajstić information content (AvgIpc) is 3.47. The van der Waals surface area contributed by atoms with Crippen LogP contribution in [0.15, 0.2) is 52.9 Å². The maximum atomic E-state index is 12.3. The van der Waals surface area contributed by atoms with E-state index in [1.54, 1.807) is 0 Å². The van der Waals surface area contributed by atoms with Gasteiger partial charge in [0.1, 0.15) is 0 Å². The van der Waals surface area contributed by atoms with Gasteiger partial charge in [0.25, 0.3) is 5.79 Å². The molecule has 0 saturated heterocycles. The Morgan fingerprint density at radius 3 is 2.62 bits per heavy atom. The molecule has 1 spiro atoms. The van der Waals surface area contributed by atoms with Crippen molar-refractivity contribution in [3.05, 3.63) is 54.4 Å². The lowest BCUT2D eigenvalue weighted by Crippen LogP contribution is -2.34. The van der Waals surface area contributed by atoms with E-state index in [2.05, 4.69) is 15.5 Å². The number of hydrogen-bond acceptors (Lipinski definition) is 6. The van der Waals surface area contributed by atoms with Gasteiger partial charge in [-0.2, -0.15) is 0 Å².